The van der Waals surface area contributed by atoms with Gasteiger partial charge in [0, 0.05) is 11.1 Å². The summed E-state index contributed by atoms with van der Waals surface area (Å²) in [5.74, 6) is 0.979. The average Bonchev–Trinajstić information content (AvgIpc) is 2.55. The highest BCUT2D eigenvalue weighted by molar-refractivity contribution is 6.32. The summed E-state index contributed by atoms with van der Waals surface area (Å²) in [6.45, 7) is 0.449. The highest BCUT2D eigenvalue weighted by Crippen LogP contribution is 2.35. The van der Waals surface area contributed by atoms with Crippen LogP contribution >= 0.6 is 0 Å². The van der Waals surface area contributed by atoms with Crippen molar-refractivity contribution < 1.29 is 9.84 Å². The molecule has 0 amide bonds. The second kappa shape index (κ2) is 6.40. The van der Waals surface area contributed by atoms with Crippen LogP contribution in [0.1, 0.15) is 5.56 Å². The van der Waals surface area contributed by atoms with E-state index in [0.29, 0.717) is 6.61 Å². The minimum atomic E-state index is 0.242. The summed E-state index contributed by atoms with van der Waals surface area (Å²) < 4.78 is 5.92. The van der Waals surface area contributed by atoms with Crippen molar-refractivity contribution in [3.63, 3.8) is 0 Å². The summed E-state index contributed by atoms with van der Waals surface area (Å²) >= 11 is 0. The van der Waals surface area contributed by atoms with Gasteiger partial charge in [-0.15, -0.1) is 0 Å². The van der Waals surface area contributed by atoms with Gasteiger partial charge >= 0.3 is 0 Å². The van der Waals surface area contributed by atoms with E-state index in [1.807, 2.05) is 60.7 Å². The number of ether oxygens (including phenoxy) is 1. The van der Waals surface area contributed by atoms with Gasteiger partial charge in [-0.05, 0) is 17.7 Å². The normalized spacial score (nSPS) is 10.4. The Bertz CT molecular complexity index is 766. The quantitative estimate of drug-likeness (QED) is 0.744. The Morgan fingerprint density at radius 2 is 1.41 bits per heavy atom. The maximum absolute atomic E-state index is 10.0. The average molecular weight is 286 g/mol. The van der Waals surface area contributed by atoms with Gasteiger partial charge in [0.05, 0.1) is 0 Å². The van der Waals surface area contributed by atoms with E-state index < -0.39 is 0 Å². The molecule has 0 fully saturated rings. The number of benzene rings is 3. The van der Waals surface area contributed by atoms with Crippen molar-refractivity contribution in [1.29, 1.82) is 0 Å². The lowest BCUT2D eigenvalue weighted by Gasteiger charge is -2.13. The standard InChI is InChI=1S/C19H15BO2/c20-15-11-9-14(10-12-15)13-22-19-8-4-2-6-17(19)16-5-1-3-7-18(16)21/h1-12,21H,13H2. The molecular weight excluding hydrogens is 271 g/mol. The van der Waals surface area contributed by atoms with Gasteiger partial charge in [0.15, 0.2) is 0 Å². The molecule has 3 aromatic carbocycles. The van der Waals surface area contributed by atoms with Crippen LogP contribution in [0.5, 0.6) is 11.5 Å². The third kappa shape index (κ3) is 3.14. The molecule has 0 atom stereocenters. The maximum atomic E-state index is 10.0. The first kappa shape index (κ1) is 14.3. The number of phenolic OH excluding ortho intramolecular Hbond substituents is 1. The molecule has 0 unspecified atom stereocenters. The Hall–Kier alpha value is -2.68. The molecule has 22 heavy (non-hydrogen) atoms. The van der Waals surface area contributed by atoms with Crippen LogP contribution in [0, 0.1) is 0 Å². The fourth-order valence-electron chi connectivity index (χ4n) is 2.29. The second-order valence-electron chi connectivity index (χ2n) is 5.04. The van der Waals surface area contributed by atoms with Gasteiger partial charge in [0.1, 0.15) is 26.0 Å². The molecule has 0 aromatic heterocycles. The molecule has 0 heterocycles. The summed E-state index contributed by atoms with van der Waals surface area (Å²) in [6, 6.07) is 22.5. The zero-order valence-corrected chi connectivity index (χ0v) is 12.1. The molecule has 0 saturated carbocycles. The first-order valence-electron chi connectivity index (χ1n) is 7.08. The first-order chi connectivity index (χ1) is 10.7. The van der Waals surface area contributed by atoms with Crippen molar-refractivity contribution in [3.05, 3.63) is 78.4 Å². The van der Waals surface area contributed by atoms with Crippen LogP contribution in [0.25, 0.3) is 11.1 Å². The van der Waals surface area contributed by atoms with E-state index in [1.54, 1.807) is 12.1 Å². The Morgan fingerprint density at radius 1 is 0.773 bits per heavy atom. The molecule has 0 saturated heterocycles. The second-order valence-corrected chi connectivity index (χ2v) is 5.04. The molecule has 2 nitrogen and oxygen atoms in total. The van der Waals surface area contributed by atoms with Crippen LogP contribution in [0.2, 0.25) is 0 Å². The lowest BCUT2D eigenvalue weighted by molar-refractivity contribution is 0.307. The Balaban J connectivity index is 1.86. The van der Waals surface area contributed by atoms with Gasteiger partial charge in [-0.1, -0.05) is 66.1 Å². The molecule has 3 heteroatoms. The lowest BCUT2D eigenvalue weighted by atomic mass is 9.95. The highest BCUT2D eigenvalue weighted by atomic mass is 16.5. The number of rotatable bonds is 4. The third-order valence-electron chi connectivity index (χ3n) is 3.46. The molecule has 0 aliphatic carbocycles. The number of aromatic hydroxyl groups is 1. The minimum absolute atomic E-state index is 0.242. The Labute approximate surface area is 131 Å². The topological polar surface area (TPSA) is 29.5 Å². The molecule has 3 rings (SSSR count). The predicted molar refractivity (Wildman–Crippen MR) is 89.7 cm³/mol. The van der Waals surface area contributed by atoms with E-state index in [9.17, 15) is 5.11 Å². The van der Waals surface area contributed by atoms with E-state index in [1.165, 1.54) is 0 Å². The Morgan fingerprint density at radius 3 is 2.14 bits per heavy atom. The van der Waals surface area contributed by atoms with Crippen molar-refractivity contribution in [2.75, 3.05) is 0 Å². The Kier molecular flexibility index (Phi) is 4.15. The molecule has 0 spiro atoms. The van der Waals surface area contributed by atoms with Gasteiger partial charge in [-0.3, -0.25) is 0 Å². The lowest BCUT2D eigenvalue weighted by Crippen LogP contribution is -2.03. The van der Waals surface area contributed by atoms with Gasteiger partial charge in [-0.25, -0.2) is 0 Å². The SMILES string of the molecule is [B]c1ccc(COc2ccccc2-c2ccccc2O)cc1. The molecule has 0 aliphatic heterocycles. The van der Waals surface area contributed by atoms with Crippen LogP contribution in [0.3, 0.4) is 0 Å². The van der Waals surface area contributed by atoms with Crippen LogP contribution in [-0.2, 0) is 6.61 Å². The molecule has 2 radical (unpaired) electrons. The van der Waals surface area contributed by atoms with Crippen LogP contribution < -0.4 is 10.2 Å². The summed E-state index contributed by atoms with van der Waals surface area (Å²) in [5.41, 5.74) is 3.41. The summed E-state index contributed by atoms with van der Waals surface area (Å²) in [5, 5.41) is 10.0. The maximum Gasteiger partial charge on any atom is 0.127 e. The van der Waals surface area contributed by atoms with Gasteiger partial charge in [-0.2, -0.15) is 0 Å². The van der Waals surface area contributed by atoms with Crippen LogP contribution in [0.4, 0.5) is 0 Å². The van der Waals surface area contributed by atoms with E-state index in [-0.39, 0.29) is 5.75 Å². The first-order valence-corrected chi connectivity index (χ1v) is 7.08. The molecule has 3 aromatic rings. The zero-order valence-electron chi connectivity index (χ0n) is 12.1. The van der Waals surface area contributed by atoms with E-state index >= 15 is 0 Å². The minimum Gasteiger partial charge on any atom is -0.507 e. The summed E-state index contributed by atoms with van der Waals surface area (Å²) in [6.07, 6.45) is 0. The van der Waals surface area contributed by atoms with E-state index in [4.69, 9.17) is 12.6 Å². The highest BCUT2D eigenvalue weighted by Gasteiger charge is 2.09. The fraction of sp³-hybridized carbons (Fsp3) is 0.0526. The van der Waals surface area contributed by atoms with Crippen LogP contribution in [0.15, 0.2) is 72.8 Å². The zero-order chi connectivity index (χ0) is 15.4. The largest absolute Gasteiger partial charge is 0.507 e. The van der Waals surface area contributed by atoms with Crippen molar-refractivity contribution in [2.45, 2.75) is 6.61 Å². The van der Waals surface area contributed by atoms with Crippen molar-refractivity contribution in [3.8, 4) is 22.6 Å². The number of para-hydroxylation sites is 2. The van der Waals surface area contributed by atoms with Crippen molar-refractivity contribution in [2.24, 2.45) is 0 Å². The van der Waals surface area contributed by atoms with Gasteiger partial charge in [0.25, 0.3) is 0 Å². The van der Waals surface area contributed by atoms with Crippen molar-refractivity contribution in [1.82, 2.24) is 0 Å². The number of hydrogen-bond donors (Lipinski definition) is 1. The molecule has 0 aliphatic rings. The number of phenols is 1. The van der Waals surface area contributed by atoms with Gasteiger partial charge < -0.3 is 9.84 Å². The smallest absolute Gasteiger partial charge is 0.127 e. The van der Waals surface area contributed by atoms with Crippen LogP contribution in [-0.4, -0.2) is 13.0 Å². The molecule has 0 bridgehead atoms. The molecule has 106 valence electrons. The summed E-state index contributed by atoms with van der Waals surface area (Å²) in [4.78, 5) is 0. The molecular formula is C19H15BO2. The van der Waals surface area contributed by atoms with E-state index in [2.05, 4.69) is 0 Å². The van der Waals surface area contributed by atoms with E-state index in [0.717, 1.165) is 27.9 Å². The summed E-state index contributed by atoms with van der Waals surface area (Å²) in [7, 11) is 5.68. The third-order valence-corrected chi connectivity index (χ3v) is 3.46. The van der Waals surface area contributed by atoms with Crippen molar-refractivity contribution >= 4 is 13.3 Å². The monoisotopic (exact) mass is 286 g/mol. The predicted octanol–water partition coefficient (Wildman–Crippen LogP) is 3.43. The molecule has 1 N–H and O–H groups in total. The number of hydrogen-bond acceptors (Lipinski definition) is 2. The fourth-order valence-corrected chi connectivity index (χ4v) is 2.29. The van der Waals surface area contributed by atoms with Gasteiger partial charge in [0.2, 0.25) is 0 Å².